The van der Waals surface area contributed by atoms with Gasteiger partial charge >= 0.3 is 0 Å². The number of carbonyl (C=O) groups is 1. The van der Waals surface area contributed by atoms with Crippen LogP contribution in [0.2, 0.25) is 0 Å². The fraction of sp³-hybridized carbons (Fsp3) is 0.667. The zero-order chi connectivity index (χ0) is 20.4. The number of nitrogens with one attached hydrogen (secondary N) is 1. The lowest BCUT2D eigenvalue weighted by atomic mass is 9.90. The third-order valence-corrected chi connectivity index (χ3v) is 5.74. The van der Waals surface area contributed by atoms with Crippen LogP contribution in [0.1, 0.15) is 45.1 Å². The van der Waals surface area contributed by atoms with Crippen LogP contribution in [-0.4, -0.2) is 64.7 Å². The Kier molecular flexibility index (Phi) is 6.37. The molecule has 7 heteroatoms. The molecular weight excluding hydrogens is 364 g/mol. The second-order valence-corrected chi connectivity index (χ2v) is 8.83. The van der Waals surface area contributed by atoms with E-state index in [1.54, 1.807) is 0 Å². The first kappa shape index (κ1) is 21.1. The molecule has 1 amide bonds. The summed E-state index contributed by atoms with van der Waals surface area (Å²) in [5.41, 5.74) is -1.18. The van der Waals surface area contributed by atoms with E-state index in [4.69, 9.17) is 0 Å². The topological polar surface area (TPSA) is 55.8 Å². The van der Waals surface area contributed by atoms with Gasteiger partial charge < -0.3 is 20.2 Å². The first-order chi connectivity index (χ1) is 13.2. The molecule has 1 aromatic rings. The quantitative estimate of drug-likeness (QED) is 0.744. The van der Waals surface area contributed by atoms with Crippen molar-refractivity contribution < 1.29 is 18.7 Å². The number of hydrogen-bond donors (Lipinski definition) is 2. The van der Waals surface area contributed by atoms with Gasteiger partial charge in [-0.15, -0.1) is 0 Å². The van der Waals surface area contributed by atoms with Gasteiger partial charge in [-0.25, -0.2) is 8.78 Å². The number of β-amino-alcohol motifs (C(OH)–C–C–N with tert-alkyl or cyclic N) is 1. The minimum Gasteiger partial charge on any atom is -0.379 e. The molecule has 2 aliphatic rings. The summed E-state index contributed by atoms with van der Waals surface area (Å²) in [5.74, 6) is -2.19. The molecular formula is C21H31F2N3O2. The summed E-state index contributed by atoms with van der Waals surface area (Å²) < 4.78 is 26.6. The minimum absolute atomic E-state index is 0.162. The average Bonchev–Trinajstić information content (AvgIpc) is 3.13. The van der Waals surface area contributed by atoms with Gasteiger partial charge in [0, 0.05) is 31.7 Å². The molecule has 0 bridgehead atoms. The first-order valence-electron chi connectivity index (χ1n) is 10.1. The number of nitrogens with zero attached hydrogens (tertiary/aromatic N) is 2. The SMILES string of the molecule is CC(C)(CN1CCCC1)NCC1(O)CCCN(Cc2ccc(F)c(F)c2)C1=O. The van der Waals surface area contributed by atoms with Gasteiger partial charge in [0.25, 0.3) is 5.91 Å². The summed E-state index contributed by atoms with van der Waals surface area (Å²) in [6, 6.07) is 3.64. The first-order valence-corrected chi connectivity index (χ1v) is 10.1. The fourth-order valence-electron chi connectivity index (χ4n) is 4.18. The van der Waals surface area contributed by atoms with Gasteiger partial charge in [0.2, 0.25) is 0 Å². The highest BCUT2D eigenvalue weighted by Gasteiger charge is 2.43. The number of rotatable bonds is 7. The Morgan fingerprint density at radius 2 is 1.86 bits per heavy atom. The van der Waals surface area contributed by atoms with E-state index in [0.717, 1.165) is 31.8 Å². The number of halogens is 2. The molecule has 2 heterocycles. The number of carbonyl (C=O) groups excluding carboxylic acids is 1. The fourth-order valence-corrected chi connectivity index (χ4v) is 4.18. The lowest BCUT2D eigenvalue weighted by Crippen LogP contribution is -2.61. The molecule has 2 fully saturated rings. The lowest BCUT2D eigenvalue weighted by molar-refractivity contribution is -0.157. The number of amides is 1. The van der Waals surface area contributed by atoms with Crippen molar-refractivity contribution in [1.29, 1.82) is 0 Å². The molecule has 28 heavy (non-hydrogen) atoms. The highest BCUT2D eigenvalue weighted by molar-refractivity contribution is 5.86. The minimum atomic E-state index is -1.47. The Hall–Kier alpha value is -1.57. The van der Waals surface area contributed by atoms with Crippen molar-refractivity contribution in [3.05, 3.63) is 35.4 Å². The molecule has 1 aromatic carbocycles. The van der Waals surface area contributed by atoms with Gasteiger partial charge in [-0.1, -0.05) is 6.07 Å². The van der Waals surface area contributed by atoms with Gasteiger partial charge in [0.15, 0.2) is 17.2 Å². The van der Waals surface area contributed by atoms with Crippen LogP contribution in [0.3, 0.4) is 0 Å². The maximum absolute atomic E-state index is 13.5. The highest BCUT2D eigenvalue weighted by atomic mass is 19.2. The van der Waals surface area contributed by atoms with Crippen LogP contribution in [0.25, 0.3) is 0 Å². The zero-order valence-electron chi connectivity index (χ0n) is 16.8. The van der Waals surface area contributed by atoms with E-state index >= 15 is 0 Å². The van der Waals surface area contributed by atoms with E-state index in [1.165, 1.54) is 23.8 Å². The maximum Gasteiger partial charge on any atom is 0.256 e. The molecule has 0 aromatic heterocycles. The zero-order valence-corrected chi connectivity index (χ0v) is 16.8. The Balaban J connectivity index is 1.60. The summed E-state index contributed by atoms with van der Waals surface area (Å²) in [4.78, 5) is 16.9. The maximum atomic E-state index is 13.5. The molecule has 1 unspecified atom stereocenters. The molecule has 0 radical (unpaired) electrons. The summed E-state index contributed by atoms with van der Waals surface area (Å²) in [6.45, 7) is 8.07. The van der Waals surface area contributed by atoms with Crippen molar-refractivity contribution in [2.45, 2.75) is 57.2 Å². The standard InChI is InChI=1S/C21H31F2N3O2/c1-20(2,15-25-9-3-4-10-25)24-14-21(28)8-5-11-26(19(21)27)13-16-6-7-17(22)18(23)12-16/h6-7,12,24,28H,3-5,8-11,13-15H2,1-2H3. The molecule has 3 rings (SSSR count). The van der Waals surface area contributed by atoms with Crippen LogP contribution >= 0.6 is 0 Å². The molecule has 2 saturated heterocycles. The Bertz CT molecular complexity index is 707. The molecule has 5 nitrogen and oxygen atoms in total. The monoisotopic (exact) mass is 395 g/mol. The van der Waals surface area contributed by atoms with E-state index < -0.39 is 17.2 Å². The molecule has 1 atom stereocenters. The number of likely N-dealkylation sites (tertiary alicyclic amines) is 2. The molecule has 0 saturated carbocycles. The number of benzene rings is 1. The van der Waals surface area contributed by atoms with Crippen molar-refractivity contribution in [3.8, 4) is 0 Å². The van der Waals surface area contributed by atoms with Gasteiger partial charge in [-0.2, -0.15) is 0 Å². The van der Waals surface area contributed by atoms with Crippen LogP contribution in [0.4, 0.5) is 8.78 Å². The average molecular weight is 395 g/mol. The summed E-state index contributed by atoms with van der Waals surface area (Å²) in [5, 5.41) is 14.4. The van der Waals surface area contributed by atoms with E-state index in [-0.39, 0.29) is 24.5 Å². The van der Waals surface area contributed by atoms with Crippen LogP contribution in [0.5, 0.6) is 0 Å². The second-order valence-electron chi connectivity index (χ2n) is 8.83. The van der Waals surface area contributed by atoms with Crippen LogP contribution < -0.4 is 5.32 Å². The summed E-state index contributed by atoms with van der Waals surface area (Å²) in [6.07, 6.45) is 3.50. The van der Waals surface area contributed by atoms with Crippen LogP contribution in [0, 0.1) is 11.6 Å². The normalized spacial score (nSPS) is 24.2. The third-order valence-electron chi connectivity index (χ3n) is 5.74. The van der Waals surface area contributed by atoms with Crippen molar-refractivity contribution in [2.24, 2.45) is 0 Å². The van der Waals surface area contributed by atoms with Crippen molar-refractivity contribution in [3.63, 3.8) is 0 Å². The third kappa shape index (κ3) is 5.07. The predicted octanol–water partition coefficient (Wildman–Crippen LogP) is 2.28. The molecule has 2 N–H and O–H groups in total. The Morgan fingerprint density at radius 3 is 2.54 bits per heavy atom. The highest BCUT2D eigenvalue weighted by Crippen LogP contribution is 2.25. The van der Waals surface area contributed by atoms with E-state index in [1.807, 2.05) is 0 Å². The molecule has 156 valence electrons. The van der Waals surface area contributed by atoms with Crippen LogP contribution in [-0.2, 0) is 11.3 Å². The van der Waals surface area contributed by atoms with Gasteiger partial charge in [0.05, 0.1) is 0 Å². The van der Waals surface area contributed by atoms with E-state index in [0.29, 0.717) is 24.9 Å². The van der Waals surface area contributed by atoms with Gasteiger partial charge in [-0.3, -0.25) is 4.79 Å². The van der Waals surface area contributed by atoms with Crippen LogP contribution in [0.15, 0.2) is 18.2 Å². The predicted molar refractivity (Wildman–Crippen MR) is 104 cm³/mol. The van der Waals surface area contributed by atoms with Gasteiger partial charge in [0.1, 0.15) is 0 Å². The largest absolute Gasteiger partial charge is 0.379 e. The molecule has 2 aliphatic heterocycles. The van der Waals surface area contributed by atoms with Crippen molar-refractivity contribution in [1.82, 2.24) is 15.1 Å². The lowest BCUT2D eigenvalue weighted by Gasteiger charge is -2.41. The summed E-state index contributed by atoms with van der Waals surface area (Å²) in [7, 11) is 0. The van der Waals surface area contributed by atoms with E-state index in [2.05, 4.69) is 24.1 Å². The van der Waals surface area contributed by atoms with Gasteiger partial charge in [-0.05, 0) is 70.3 Å². The molecule has 0 spiro atoms. The molecule has 0 aliphatic carbocycles. The number of hydrogen-bond acceptors (Lipinski definition) is 4. The second kappa shape index (κ2) is 8.43. The Morgan fingerprint density at radius 1 is 1.14 bits per heavy atom. The van der Waals surface area contributed by atoms with Crippen molar-refractivity contribution in [2.75, 3.05) is 32.7 Å². The summed E-state index contributed by atoms with van der Waals surface area (Å²) >= 11 is 0. The Labute approximate surface area is 165 Å². The van der Waals surface area contributed by atoms with E-state index in [9.17, 15) is 18.7 Å². The number of piperidine rings is 1. The smallest absolute Gasteiger partial charge is 0.256 e. The number of aliphatic hydroxyl groups is 1. The van der Waals surface area contributed by atoms with Crippen molar-refractivity contribution >= 4 is 5.91 Å².